The number of hydrazone groups is 1. The van der Waals surface area contributed by atoms with E-state index >= 15 is 0 Å². The summed E-state index contributed by atoms with van der Waals surface area (Å²) in [5, 5.41) is 3.95. The molecular formula is C23H21Br2N3O3S. The fourth-order valence-corrected chi connectivity index (χ4v) is 4.98. The molecular weight excluding hydrogens is 558 g/mol. The topological polar surface area (TPSA) is 78.8 Å². The van der Waals surface area contributed by atoms with Crippen molar-refractivity contribution >= 4 is 54.0 Å². The fraction of sp³-hybridized carbons (Fsp3) is 0.130. The van der Waals surface area contributed by atoms with Gasteiger partial charge in [-0.05, 0) is 53.9 Å². The molecule has 1 amide bonds. The Labute approximate surface area is 204 Å². The summed E-state index contributed by atoms with van der Waals surface area (Å²) in [7, 11) is -3.87. The average molecular weight is 579 g/mol. The van der Waals surface area contributed by atoms with Gasteiger partial charge in [-0.15, -0.1) is 0 Å². The Hall–Kier alpha value is -2.33. The maximum absolute atomic E-state index is 13.2. The number of hydrogen-bond acceptors (Lipinski definition) is 4. The van der Waals surface area contributed by atoms with Crippen molar-refractivity contribution in [2.24, 2.45) is 5.10 Å². The molecule has 0 spiro atoms. The maximum Gasteiger partial charge on any atom is 0.255 e. The van der Waals surface area contributed by atoms with Crippen LogP contribution >= 0.6 is 31.9 Å². The van der Waals surface area contributed by atoms with Crippen LogP contribution in [-0.2, 0) is 21.2 Å². The molecule has 0 saturated carbocycles. The third-order valence-electron chi connectivity index (χ3n) is 4.52. The lowest BCUT2D eigenvalue weighted by atomic mass is 10.1. The van der Waals surface area contributed by atoms with E-state index in [9.17, 15) is 13.2 Å². The summed E-state index contributed by atoms with van der Waals surface area (Å²) in [6.45, 7) is -0.188. The molecule has 0 aliphatic heterocycles. The van der Waals surface area contributed by atoms with E-state index in [0.717, 1.165) is 20.1 Å². The molecule has 0 bridgehead atoms. The Kier molecular flexibility index (Phi) is 8.75. The first kappa shape index (κ1) is 24.3. The number of benzene rings is 3. The largest absolute Gasteiger partial charge is 0.272 e. The third kappa shape index (κ3) is 7.09. The minimum absolute atomic E-state index is 0.124. The second-order valence-corrected chi connectivity index (χ2v) is 10.6. The number of carbonyl (C=O) groups excluding carboxylic acids is 1. The summed E-state index contributed by atoms with van der Waals surface area (Å²) in [4.78, 5) is 12.6. The van der Waals surface area contributed by atoms with Crippen LogP contribution in [0.4, 0.5) is 0 Å². The molecule has 0 saturated heterocycles. The van der Waals surface area contributed by atoms with Crippen LogP contribution in [0.25, 0.3) is 0 Å². The minimum Gasteiger partial charge on any atom is -0.272 e. The summed E-state index contributed by atoms with van der Waals surface area (Å²) in [6.07, 6.45) is 1.98. The molecule has 3 rings (SSSR count). The third-order valence-corrected chi connectivity index (χ3v) is 7.40. The molecule has 0 radical (unpaired) electrons. The number of amides is 1. The van der Waals surface area contributed by atoms with Crippen LogP contribution in [0.2, 0.25) is 0 Å². The summed E-state index contributed by atoms with van der Waals surface area (Å²) in [5.41, 5.74) is 4.19. The van der Waals surface area contributed by atoms with Gasteiger partial charge in [0.1, 0.15) is 0 Å². The zero-order valence-electron chi connectivity index (χ0n) is 17.0. The predicted octanol–water partition coefficient (Wildman–Crippen LogP) is 4.60. The van der Waals surface area contributed by atoms with Crippen molar-refractivity contribution in [3.8, 4) is 0 Å². The molecule has 0 unspecified atom stereocenters. The van der Waals surface area contributed by atoms with Gasteiger partial charge in [-0.25, -0.2) is 13.8 Å². The number of carbonyl (C=O) groups is 1. The molecule has 3 aromatic rings. The van der Waals surface area contributed by atoms with Crippen LogP contribution in [0.15, 0.2) is 97.8 Å². The van der Waals surface area contributed by atoms with E-state index in [1.54, 1.807) is 12.1 Å². The summed E-state index contributed by atoms with van der Waals surface area (Å²) in [6, 6.07) is 23.3. The Morgan fingerprint density at radius 3 is 2.34 bits per heavy atom. The van der Waals surface area contributed by atoms with Crippen molar-refractivity contribution in [1.29, 1.82) is 0 Å². The number of nitrogens with zero attached hydrogens (tertiary/aromatic N) is 2. The van der Waals surface area contributed by atoms with Gasteiger partial charge >= 0.3 is 0 Å². The second-order valence-electron chi connectivity index (χ2n) is 6.88. The minimum atomic E-state index is -3.87. The summed E-state index contributed by atoms with van der Waals surface area (Å²) in [5.74, 6) is -0.523. The molecule has 3 aromatic carbocycles. The first-order chi connectivity index (χ1) is 15.3. The van der Waals surface area contributed by atoms with Crippen LogP contribution in [0.3, 0.4) is 0 Å². The lowest BCUT2D eigenvalue weighted by Gasteiger charge is -2.21. The van der Waals surface area contributed by atoms with Crippen molar-refractivity contribution < 1.29 is 13.2 Å². The highest BCUT2D eigenvalue weighted by atomic mass is 79.9. The molecule has 0 fully saturated rings. The van der Waals surface area contributed by atoms with Crippen LogP contribution in [0, 0.1) is 0 Å². The van der Waals surface area contributed by atoms with Gasteiger partial charge < -0.3 is 0 Å². The van der Waals surface area contributed by atoms with Crippen molar-refractivity contribution in [3.63, 3.8) is 0 Å². The Morgan fingerprint density at radius 1 is 0.938 bits per heavy atom. The molecule has 0 aliphatic rings. The highest BCUT2D eigenvalue weighted by Crippen LogP contribution is 2.19. The maximum atomic E-state index is 13.2. The van der Waals surface area contributed by atoms with Crippen molar-refractivity contribution in [2.45, 2.75) is 11.3 Å². The molecule has 0 aliphatic carbocycles. The summed E-state index contributed by atoms with van der Waals surface area (Å²) < 4.78 is 29.3. The first-order valence-electron chi connectivity index (χ1n) is 9.72. The highest BCUT2D eigenvalue weighted by molar-refractivity contribution is 9.10. The van der Waals surface area contributed by atoms with Crippen molar-refractivity contribution in [3.05, 3.63) is 98.9 Å². The molecule has 6 nitrogen and oxygen atoms in total. The van der Waals surface area contributed by atoms with Crippen LogP contribution in [-0.4, -0.2) is 37.9 Å². The SMILES string of the molecule is O=C(CN(CCc1ccccc1)S(=O)(=O)c1ccc(Br)cc1)N/N=C\c1cccc(Br)c1. The molecule has 9 heteroatoms. The number of rotatable bonds is 9. The zero-order chi connectivity index (χ0) is 23.0. The van der Waals surface area contributed by atoms with E-state index in [1.807, 2.05) is 54.6 Å². The van der Waals surface area contributed by atoms with Gasteiger partial charge in [-0.1, -0.05) is 74.3 Å². The van der Waals surface area contributed by atoms with E-state index < -0.39 is 15.9 Å². The van der Waals surface area contributed by atoms with Gasteiger partial charge in [-0.3, -0.25) is 4.79 Å². The quantitative estimate of drug-likeness (QED) is 0.298. The predicted molar refractivity (Wildman–Crippen MR) is 133 cm³/mol. The number of sulfonamides is 1. The van der Waals surface area contributed by atoms with E-state index in [0.29, 0.717) is 6.42 Å². The standard InChI is InChI=1S/C23H21Br2N3O3S/c24-20-9-11-22(12-10-20)32(30,31)28(14-13-18-5-2-1-3-6-18)17-23(29)27-26-16-19-7-4-8-21(25)15-19/h1-12,15-16H,13-14,17H2,(H,27,29)/b26-16-. The fourth-order valence-electron chi connectivity index (χ4n) is 2.90. The second kappa shape index (κ2) is 11.5. The molecule has 0 aromatic heterocycles. The van der Waals surface area contributed by atoms with Gasteiger partial charge in [0.25, 0.3) is 5.91 Å². The molecule has 0 atom stereocenters. The average Bonchev–Trinajstić information content (AvgIpc) is 2.77. The van der Waals surface area contributed by atoms with Gasteiger partial charge in [0, 0.05) is 15.5 Å². The smallest absolute Gasteiger partial charge is 0.255 e. The van der Waals surface area contributed by atoms with Gasteiger partial charge in [0.2, 0.25) is 10.0 Å². The Bertz CT molecular complexity index is 1180. The van der Waals surface area contributed by atoms with Gasteiger partial charge in [0.05, 0.1) is 17.7 Å². The van der Waals surface area contributed by atoms with Crippen LogP contribution < -0.4 is 5.43 Å². The van der Waals surface area contributed by atoms with Gasteiger partial charge in [0.15, 0.2) is 0 Å². The Morgan fingerprint density at radius 2 is 1.66 bits per heavy atom. The molecule has 32 heavy (non-hydrogen) atoms. The molecule has 0 heterocycles. The van der Waals surface area contributed by atoms with Crippen molar-refractivity contribution in [1.82, 2.24) is 9.73 Å². The van der Waals surface area contributed by atoms with Gasteiger partial charge in [-0.2, -0.15) is 9.41 Å². The van der Waals surface area contributed by atoms with E-state index in [-0.39, 0.29) is 18.0 Å². The van der Waals surface area contributed by atoms with E-state index in [1.165, 1.54) is 22.7 Å². The number of hydrogen-bond donors (Lipinski definition) is 1. The number of nitrogens with one attached hydrogen (secondary N) is 1. The van der Waals surface area contributed by atoms with E-state index in [2.05, 4.69) is 42.4 Å². The Balaban J connectivity index is 1.73. The van der Waals surface area contributed by atoms with Crippen LogP contribution in [0.1, 0.15) is 11.1 Å². The lowest BCUT2D eigenvalue weighted by molar-refractivity contribution is -0.121. The first-order valence-corrected chi connectivity index (χ1v) is 12.7. The monoisotopic (exact) mass is 577 g/mol. The highest BCUT2D eigenvalue weighted by Gasteiger charge is 2.26. The lowest BCUT2D eigenvalue weighted by Crippen LogP contribution is -2.40. The number of halogens is 2. The molecule has 1 N–H and O–H groups in total. The van der Waals surface area contributed by atoms with Crippen molar-refractivity contribution in [2.75, 3.05) is 13.1 Å². The van der Waals surface area contributed by atoms with E-state index in [4.69, 9.17) is 0 Å². The zero-order valence-corrected chi connectivity index (χ0v) is 21.0. The molecule has 166 valence electrons. The van der Waals surface area contributed by atoms with Crippen LogP contribution in [0.5, 0.6) is 0 Å². The summed E-state index contributed by atoms with van der Waals surface area (Å²) >= 11 is 6.69. The normalized spacial score (nSPS) is 11.7.